The third-order valence-electron chi connectivity index (χ3n) is 6.60. The summed E-state index contributed by atoms with van der Waals surface area (Å²) >= 11 is 1.31. The van der Waals surface area contributed by atoms with Crippen LogP contribution in [0.5, 0.6) is 11.5 Å². The van der Waals surface area contributed by atoms with E-state index in [1.165, 1.54) is 15.9 Å². The van der Waals surface area contributed by atoms with Crippen LogP contribution in [0, 0.1) is 12.8 Å². The molecule has 0 fully saturated rings. The minimum atomic E-state index is -0.218. The minimum Gasteiger partial charge on any atom is -0.497 e. The molecular formula is C32H29N5O3S. The van der Waals surface area contributed by atoms with E-state index in [-0.39, 0.29) is 5.56 Å². The van der Waals surface area contributed by atoms with Crippen molar-refractivity contribution in [2.24, 2.45) is 5.92 Å². The van der Waals surface area contributed by atoms with Gasteiger partial charge in [-0.3, -0.25) is 4.79 Å². The lowest BCUT2D eigenvalue weighted by Crippen LogP contribution is -2.23. The Morgan fingerprint density at radius 2 is 1.73 bits per heavy atom. The van der Waals surface area contributed by atoms with E-state index < -0.39 is 0 Å². The van der Waals surface area contributed by atoms with Crippen LogP contribution in [0.15, 0.2) is 83.8 Å². The minimum absolute atomic E-state index is 0.218. The highest BCUT2D eigenvalue weighted by atomic mass is 32.1. The number of ether oxygens (including phenoxy) is 2. The maximum absolute atomic E-state index is 13.4. The molecule has 0 aliphatic rings. The molecule has 0 saturated carbocycles. The van der Waals surface area contributed by atoms with Crippen molar-refractivity contribution in [3.8, 4) is 39.8 Å². The number of aryl methyl sites for hydroxylation is 1. The number of aromatic nitrogens is 5. The highest BCUT2D eigenvalue weighted by Gasteiger charge is 2.16. The summed E-state index contributed by atoms with van der Waals surface area (Å²) in [6.07, 6.45) is 3.82. The maximum Gasteiger partial charge on any atom is 0.291 e. The Morgan fingerprint density at radius 3 is 2.41 bits per heavy atom. The van der Waals surface area contributed by atoms with Crippen molar-refractivity contribution in [1.82, 2.24) is 24.4 Å². The first-order valence-electron chi connectivity index (χ1n) is 13.3. The van der Waals surface area contributed by atoms with Crippen LogP contribution in [-0.2, 0) is 0 Å². The molecule has 206 valence electrons. The molecule has 3 heterocycles. The fourth-order valence-electron chi connectivity index (χ4n) is 4.48. The van der Waals surface area contributed by atoms with Gasteiger partial charge in [-0.1, -0.05) is 43.4 Å². The van der Waals surface area contributed by atoms with Crippen LogP contribution < -0.4 is 19.6 Å². The first-order chi connectivity index (χ1) is 19.9. The van der Waals surface area contributed by atoms with Crippen molar-refractivity contribution in [1.29, 1.82) is 0 Å². The Kier molecular flexibility index (Phi) is 7.11. The fraction of sp³-hybridized carbons (Fsp3) is 0.188. The van der Waals surface area contributed by atoms with Gasteiger partial charge in [0.1, 0.15) is 17.2 Å². The van der Waals surface area contributed by atoms with Crippen LogP contribution in [-0.4, -0.2) is 38.1 Å². The summed E-state index contributed by atoms with van der Waals surface area (Å²) < 4.78 is 15.0. The second kappa shape index (κ2) is 11.0. The first-order valence-corrected chi connectivity index (χ1v) is 14.2. The quantitative estimate of drug-likeness (QED) is 0.241. The van der Waals surface area contributed by atoms with Gasteiger partial charge in [-0.15, -0.1) is 5.10 Å². The lowest BCUT2D eigenvalue weighted by molar-refractivity contribution is 0.269. The molecule has 6 aromatic rings. The summed E-state index contributed by atoms with van der Waals surface area (Å²) in [5.74, 6) is 2.54. The van der Waals surface area contributed by atoms with Crippen molar-refractivity contribution in [2.75, 3.05) is 13.7 Å². The van der Waals surface area contributed by atoms with Gasteiger partial charge in [0.15, 0.2) is 5.82 Å². The zero-order chi connectivity index (χ0) is 28.5. The Bertz CT molecular complexity index is 1940. The number of methoxy groups -OCH3 is 1. The van der Waals surface area contributed by atoms with E-state index in [1.807, 2.05) is 90.6 Å². The second-order valence-electron chi connectivity index (χ2n) is 10.2. The SMILES string of the molecule is COc1ccc(-c2nc3sc(=Cc4cn(-c5ccccc5)nc4-c4ccc(OCC(C)C)c(C)c4)c(=O)n3n2)cc1. The summed E-state index contributed by atoms with van der Waals surface area (Å²) in [7, 11) is 1.62. The van der Waals surface area contributed by atoms with Crippen molar-refractivity contribution >= 4 is 22.4 Å². The molecule has 0 atom stereocenters. The number of fused-ring (bicyclic) bond motifs is 1. The van der Waals surface area contributed by atoms with Crippen LogP contribution in [0.3, 0.4) is 0 Å². The van der Waals surface area contributed by atoms with Gasteiger partial charge in [-0.05, 0) is 79.1 Å². The van der Waals surface area contributed by atoms with Crippen molar-refractivity contribution in [3.63, 3.8) is 0 Å². The summed E-state index contributed by atoms with van der Waals surface area (Å²) in [6.45, 7) is 6.95. The number of nitrogens with zero attached hydrogens (tertiary/aromatic N) is 5. The van der Waals surface area contributed by atoms with Gasteiger partial charge in [0, 0.05) is 22.9 Å². The molecule has 0 saturated heterocycles. The lowest BCUT2D eigenvalue weighted by atomic mass is 10.0. The van der Waals surface area contributed by atoms with E-state index in [9.17, 15) is 4.79 Å². The first kappa shape index (κ1) is 26.5. The van der Waals surface area contributed by atoms with Gasteiger partial charge in [-0.2, -0.15) is 14.6 Å². The maximum atomic E-state index is 13.4. The molecular weight excluding hydrogens is 534 g/mol. The molecule has 41 heavy (non-hydrogen) atoms. The van der Waals surface area contributed by atoms with Crippen LogP contribution in [0.2, 0.25) is 0 Å². The van der Waals surface area contributed by atoms with E-state index in [1.54, 1.807) is 7.11 Å². The average Bonchev–Trinajstić information content (AvgIpc) is 3.68. The Hall–Kier alpha value is -4.76. The zero-order valence-corrected chi connectivity index (χ0v) is 24.1. The third-order valence-corrected chi connectivity index (χ3v) is 7.56. The number of hydrogen-bond acceptors (Lipinski definition) is 7. The molecule has 0 aliphatic carbocycles. The van der Waals surface area contributed by atoms with Crippen molar-refractivity contribution in [2.45, 2.75) is 20.8 Å². The van der Waals surface area contributed by atoms with Gasteiger partial charge >= 0.3 is 0 Å². The van der Waals surface area contributed by atoms with Gasteiger partial charge < -0.3 is 9.47 Å². The zero-order valence-electron chi connectivity index (χ0n) is 23.2. The highest BCUT2D eigenvalue weighted by molar-refractivity contribution is 7.15. The number of thiazole rings is 1. The molecule has 0 radical (unpaired) electrons. The van der Waals surface area contributed by atoms with Crippen LogP contribution in [0.1, 0.15) is 25.0 Å². The fourth-order valence-corrected chi connectivity index (χ4v) is 5.38. The largest absolute Gasteiger partial charge is 0.497 e. The van der Waals surface area contributed by atoms with Gasteiger partial charge in [0.25, 0.3) is 5.56 Å². The summed E-state index contributed by atoms with van der Waals surface area (Å²) in [5.41, 5.74) is 5.08. The van der Waals surface area contributed by atoms with E-state index in [0.29, 0.717) is 27.8 Å². The molecule has 0 unspecified atom stereocenters. The molecule has 8 nitrogen and oxygen atoms in total. The molecule has 0 spiro atoms. The molecule has 9 heteroatoms. The molecule has 0 amide bonds. The van der Waals surface area contributed by atoms with Crippen LogP contribution in [0.4, 0.5) is 0 Å². The van der Waals surface area contributed by atoms with Gasteiger partial charge in [0.05, 0.1) is 23.9 Å². The number of para-hydroxylation sites is 1. The smallest absolute Gasteiger partial charge is 0.291 e. The molecule has 3 aromatic carbocycles. The van der Waals surface area contributed by atoms with Gasteiger partial charge in [-0.25, -0.2) is 4.68 Å². The van der Waals surface area contributed by atoms with Crippen molar-refractivity contribution < 1.29 is 9.47 Å². The molecule has 0 N–H and O–H groups in total. The van der Waals surface area contributed by atoms with E-state index >= 15 is 0 Å². The lowest BCUT2D eigenvalue weighted by Gasteiger charge is -2.12. The van der Waals surface area contributed by atoms with Gasteiger partial charge in [0.2, 0.25) is 4.96 Å². The molecule has 6 rings (SSSR count). The monoisotopic (exact) mass is 563 g/mol. The van der Waals surface area contributed by atoms with E-state index in [4.69, 9.17) is 14.6 Å². The number of benzene rings is 3. The predicted molar refractivity (Wildman–Crippen MR) is 162 cm³/mol. The summed E-state index contributed by atoms with van der Waals surface area (Å²) in [4.78, 5) is 18.6. The van der Waals surface area contributed by atoms with E-state index in [0.717, 1.165) is 45.1 Å². The highest BCUT2D eigenvalue weighted by Crippen LogP contribution is 2.29. The number of hydrogen-bond donors (Lipinski definition) is 0. The standard InChI is InChI=1S/C32H29N5O3S/c1-20(2)19-40-27-15-12-23(16-21(27)3)29-24(18-36(34-29)25-8-6-5-7-9-25)17-28-31(38)37-32(41-28)33-30(35-37)22-10-13-26(39-4)14-11-22/h5-18,20H,19H2,1-4H3. The second-order valence-corrected chi connectivity index (χ2v) is 11.2. The molecule has 3 aromatic heterocycles. The Morgan fingerprint density at radius 1 is 0.976 bits per heavy atom. The van der Waals surface area contributed by atoms with Crippen LogP contribution in [0.25, 0.3) is 39.4 Å². The van der Waals surface area contributed by atoms with E-state index in [2.05, 4.69) is 30.0 Å². The predicted octanol–water partition coefficient (Wildman–Crippen LogP) is 5.57. The molecule has 0 aliphatic heterocycles. The topological polar surface area (TPSA) is 83.5 Å². The third kappa shape index (κ3) is 5.36. The average molecular weight is 564 g/mol. The number of rotatable bonds is 8. The normalized spacial score (nSPS) is 12.0. The molecule has 0 bridgehead atoms. The Labute approximate surface area is 241 Å². The summed E-state index contributed by atoms with van der Waals surface area (Å²) in [5, 5.41) is 9.42. The Balaban J connectivity index is 1.42. The summed E-state index contributed by atoms with van der Waals surface area (Å²) in [6, 6.07) is 23.4. The van der Waals surface area contributed by atoms with Crippen LogP contribution >= 0.6 is 11.3 Å². The van der Waals surface area contributed by atoms with Crippen molar-refractivity contribution in [3.05, 3.63) is 105 Å².